The first kappa shape index (κ1) is 12.9. The monoisotopic (exact) mass is 263 g/mol. The Hall–Kier alpha value is -1.59. The van der Waals surface area contributed by atoms with E-state index >= 15 is 0 Å². The molecule has 0 spiro atoms. The number of nitrogens with zero attached hydrogens (tertiary/aromatic N) is 2. The highest BCUT2D eigenvalue weighted by atomic mass is 32.1. The first-order valence-electron chi connectivity index (χ1n) is 5.71. The van der Waals surface area contributed by atoms with E-state index in [-0.39, 0.29) is 0 Å². The lowest BCUT2D eigenvalue weighted by Gasteiger charge is -2.16. The van der Waals surface area contributed by atoms with Crippen molar-refractivity contribution in [3.8, 4) is 5.75 Å². The molecule has 0 atom stereocenters. The van der Waals surface area contributed by atoms with E-state index < -0.39 is 0 Å². The molecule has 1 heterocycles. The van der Waals surface area contributed by atoms with Crippen LogP contribution in [0, 0.1) is 0 Å². The number of methoxy groups -OCH3 is 1. The third-order valence-electron chi connectivity index (χ3n) is 2.62. The van der Waals surface area contributed by atoms with E-state index in [1.54, 1.807) is 18.4 Å². The molecule has 0 saturated heterocycles. The van der Waals surface area contributed by atoms with Crippen LogP contribution < -0.4 is 15.4 Å². The van der Waals surface area contributed by atoms with Crippen molar-refractivity contribution >= 4 is 16.5 Å². The molecule has 0 aliphatic heterocycles. The summed E-state index contributed by atoms with van der Waals surface area (Å²) in [6.45, 7) is 1.35. The normalized spacial score (nSPS) is 10.4. The minimum absolute atomic E-state index is 0.546. The summed E-state index contributed by atoms with van der Waals surface area (Å²) in [4.78, 5) is 7.57. The predicted octanol–water partition coefficient (Wildman–Crippen LogP) is 2.25. The van der Waals surface area contributed by atoms with Gasteiger partial charge in [-0.2, -0.15) is 0 Å². The maximum Gasteiger partial charge on any atom is 0.185 e. The third-order valence-corrected chi connectivity index (χ3v) is 3.76. The van der Waals surface area contributed by atoms with Crippen LogP contribution in [0.5, 0.6) is 5.75 Å². The number of thiazole rings is 1. The summed E-state index contributed by atoms with van der Waals surface area (Å²) in [5, 5.41) is 0.985. The zero-order chi connectivity index (χ0) is 13.0. The molecule has 0 aliphatic rings. The zero-order valence-corrected chi connectivity index (χ0v) is 11.4. The Labute approximate surface area is 111 Å². The molecule has 5 heteroatoms. The average Bonchev–Trinajstić information content (AvgIpc) is 2.88. The second-order valence-electron chi connectivity index (χ2n) is 4.02. The molecule has 1 aromatic heterocycles. The Balaban J connectivity index is 2.08. The van der Waals surface area contributed by atoms with Crippen molar-refractivity contribution in [2.75, 3.05) is 19.1 Å². The molecule has 0 amide bonds. The van der Waals surface area contributed by atoms with E-state index in [2.05, 4.69) is 16.0 Å². The number of hydrogen-bond donors (Lipinski definition) is 1. The van der Waals surface area contributed by atoms with Crippen LogP contribution in [-0.4, -0.2) is 19.1 Å². The minimum atomic E-state index is 0.546. The van der Waals surface area contributed by atoms with Crippen LogP contribution in [0.25, 0.3) is 0 Å². The second kappa shape index (κ2) is 5.84. The molecular weight excluding hydrogens is 246 g/mol. The highest BCUT2D eigenvalue weighted by Crippen LogP contribution is 2.23. The molecule has 2 rings (SSSR count). The summed E-state index contributed by atoms with van der Waals surface area (Å²) >= 11 is 1.63. The van der Waals surface area contributed by atoms with Gasteiger partial charge in [-0.25, -0.2) is 4.98 Å². The Morgan fingerprint density at radius 1 is 1.44 bits per heavy atom. The predicted molar refractivity (Wildman–Crippen MR) is 75.1 cm³/mol. The fraction of sp³-hybridized carbons (Fsp3) is 0.308. The standard InChI is InChI=1S/C13H17N3OS/c1-16(13-15-8-12(7-14)18-13)9-10-4-3-5-11(6-10)17-2/h3-6,8H,7,9,14H2,1-2H3. The number of benzene rings is 1. The summed E-state index contributed by atoms with van der Waals surface area (Å²) in [6, 6.07) is 8.05. The molecule has 0 bridgehead atoms. The summed E-state index contributed by atoms with van der Waals surface area (Å²) < 4.78 is 5.22. The van der Waals surface area contributed by atoms with Crippen molar-refractivity contribution in [2.45, 2.75) is 13.1 Å². The van der Waals surface area contributed by atoms with E-state index in [1.165, 1.54) is 5.56 Å². The van der Waals surface area contributed by atoms with Gasteiger partial charge in [-0.3, -0.25) is 0 Å². The molecule has 4 nitrogen and oxygen atoms in total. The number of nitrogens with two attached hydrogens (primary N) is 1. The summed E-state index contributed by atoms with van der Waals surface area (Å²) in [7, 11) is 3.70. The number of hydrogen-bond acceptors (Lipinski definition) is 5. The highest BCUT2D eigenvalue weighted by Gasteiger charge is 2.07. The summed E-state index contributed by atoms with van der Waals surface area (Å²) in [5.74, 6) is 0.877. The molecule has 0 saturated carbocycles. The Morgan fingerprint density at radius 2 is 2.28 bits per heavy atom. The van der Waals surface area contributed by atoms with Gasteiger partial charge in [-0.05, 0) is 17.7 Å². The number of aromatic nitrogens is 1. The Bertz CT molecular complexity index is 512. The Kier molecular flexibility index (Phi) is 4.17. The van der Waals surface area contributed by atoms with Gasteiger partial charge in [0, 0.05) is 31.2 Å². The third kappa shape index (κ3) is 3.00. The smallest absolute Gasteiger partial charge is 0.185 e. The van der Waals surface area contributed by atoms with Crippen molar-refractivity contribution in [3.05, 3.63) is 40.9 Å². The highest BCUT2D eigenvalue weighted by molar-refractivity contribution is 7.15. The SMILES string of the molecule is COc1cccc(CN(C)c2ncc(CN)s2)c1. The zero-order valence-electron chi connectivity index (χ0n) is 10.6. The van der Waals surface area contributed by atoms with Crippen molar-refractivity contribution in [2.24, 2.45) is 5.73 Å². The fourth-order valence-corrected chi connectivity index (χ4v) is 2.43. The minimum Gasteiger partial charge on any atom is -0.497 e. The van der Waals surface area contributed by atoms with Gasteiger partial charge < -0.3 is 15.4 Å². The van der Waals surface area contributed by atoms with Crippen LogP contribution in [0.15, 0.2) is 30.5 Å². The molecule has 18 heavy (non-hydrogen) atoms. The van der Waals surface area contributed by atoms with Gasteiger partial charge in [0.1, 0.15) is 5.75 Å². The van der Waals surface area contributed by atoms with Crippen LogP contribution in [0.4, 0.5) is 5.13 Å². The lowest BCUT2D eigenvalue weighted by atomic mass is 10.2. The van der Waals surface area contributed by atoms with Gasteiger partial charge in [0.05, 0.1) is 7.11 Å². The summed E-state index contributed by atoms with van der Waals surface area (Å²) in [6.07, 6.45) is 1.84. The first-order chi connectivity index (χ1) is 8.72. The van der Waals surface area contributed by atoms with Gasteiger partial charge in [0.2, 0.25) is 0 Å². The molecule has 2 N–H and O–H groups in total. The molecule has 2 aromatic rings. The summed E-state index contributed by atoms with van der Waals surface area (Å²) in [5.41, 5.74) is 6.78. The average molecular weight is 263 g/mol. The quantitative estimate of drug-likeness (QED) is 0.899. The lowest BCUT2D eigenvalue weighted by molar-refractivity contribution is 0.414. The maximum atomic E-state index is 5.59. The topological polar surface area (TPSA) is 51.4 Å². The van der Waals surface area contributed by atoms with Crippen LogP contribution in [-0.2, 0) is 13.1 Å². The van der Waals surface area contributed by atoms with Crippen LogP contribution >= 0.6 is 11.3 Å². The number of ether oxygens (including phenoxy) is 1. The van der Waals surface area contributed by atoms with Crippen molar-refractivity contribution in [1.29, 1.82) is 0 Å². The van der Waals surface area contributed by atoms with E-state index in [9.17, 15) is 0 Å². The van der Waals surface area contributed by atoms with E-state index in [4.69, 9.17) is 10.5 Å². The molecule has 0 radical (unpaired) electrons. The van der Waals surface area contributed by atoms with Gasteiger partial charge in [0.25, 0.3) is 0 Å². The molecule has 0 fully saturated rings. The molecule has 1 aromatic carbocycles. The first-order valence-corrected chi connectivity index (χ1v) is 6.53. The molecule has 0 aliphatic carbocycles. The van der Waals surface area contributed by atoms with Gasteiger partial charge >= 0.3 is 0 Å². The van der Waals surface area contributed by atoms with Crippen LogP contribution in [0.1, 0.15) is 10.4 Å². The maximum absolute atomic E-state index is 5.59. The Morgan fingerprint density at radius 3 is 2.94 bits per heavy atom. The molecular formula is C13H17N3OS. The molecule has 96 valence electrons. The van der Waals surface area contributed by atoms with E-state index in [0.717, 1.165) is 22.3 Å². The van der Waals surface area contributed by atoms with Gasteiger partial charge in [-0.1, -0.05) is 12.1 Å². The van der Waals surface area contributed by atoms with E-state index in [1.807, 2.05) is 31.4 Å². The van der Waals surface area contributed by atoms with Crippen molar-refractivity contribution in [3.63, 3.8) is 0 Å². The van der Waals surface area contributed by atoms with Gasteiger partial charge in [0.15, 0.2) is 5.13 Å². The lowest BCUT2D eigenvalue weighted by Crippen LogP contribution is -2.15. The van der Waals surface area contributed by atoms with Crippen molar-refractivity contribution in [1.82, 2.24) is 4.98 Å². The van der Waals surface area contributed by atoms with E-state index in [0.29, 0.717) is 6.54 Å². The fourth-order valence-electron chi connectivity index (χ4n) is 1.68. The second-order valence-corrected chi connectivity index (χ2v) is 5.11. The number of anilines is 1. The van der Waals surface area contributed by atoms with Crippen molar-refractivity contribution < 1.29 is 4.74 Å². The number of rotatable bonds is 5. The van der Waals surface area contributed by atoms with Crippen LogP contribution in [0.3, 0.4) is 0 Å². The largest absolute Gasteiger partial charge is 0.497 e. The van der Waals surface area contributed by atoms with Gasteiger partial charge in [-0.15, -0.1) is 11.3 Å². The van der Waals surface area contributed by atoms with Crippen LogP contribution in [0.2, 0.25) is 0 Å². The molecule has 0 unspecified atom stereocenters.